The lowest BCUT2D eigenvalue weighted by atomic mass is 10.1. The summed E-state index contributed by atoms with van der Waals surface area (Å²) < 4.78 is 39.1. The quantitative estimate of drug-likeness (QED) is 0.874. The van der Waals surface area contributed by atoms with E-state index in [9.17, 15) is 13.2 Å². The SMILES string of the molecule is C1CCNCC1.CC(C)c1cc(C(F)(F)F)n2nccc2n1. The van der Waals surface area contributed by atoms with E-state index in [1.54, 1.807) is 13.8 Å². The third-order valence-corrected chi connectivity index (χ3v) is 3.47. The molecule has 0 saturated carbocycles. The molecule has 2 aromatic rings. The molecule has 3 heterocycles. The molecule has 0 aliphatic carbocycles. The number of halogens is 3. The Hall–Kier alpha value is -1.63. The van der Waals surface area contributed by atoms with E-state index in [1.165, 1.54) is 44.6 Å². The fourth-order valence-electron chi connectivity index (χ4n) is 2.23. The van der Waals surface area contributed by atoms with Gasteiger partial charge in [-0.05, 0) is 37.9 Å². The van der Waals surface area contributed by atoms with Crippen molar-refractivity contribution in [3.05, 3.63) is 29.7 Å². The van der Waals surface area contributed by atoms with E-state index in [2.05, 4.69) is 15.4 Å². The molecule has 1 saturated heterocycles. The lowest BCUT2D eigenvalue weighted by Gasteiger charge is -2.12. The molecule has 1 aliphatic rings. The maximum Gasteiger partial charge on any atom is 0.433 e. The van der Waals surface area contributed by atoms with Crippen LogP contribution in [0.3, 0.4) is 0 Å². The molecule has 0 spiro atoms. The molecule has 0 bridgehead atoms. The molecule has 0 amide bonds. The zero-order chi connectivity index (χ0) is 16.2. The largest absolute Gasteiger partial charge is 0.433 e. The molecule has 1 N–H and O–H groups in total. The van der Waals surface area contributed by atoms with Gasteiger partial charge in [-0.3, -0.25) is 0 Å². The van der Waals surface area contributed by atoms with Gasteiger partial charge in [-0.2, -0.15) is 18.3 Å². The summed E-state index contributed by atoms with van der Waals surface area (Å²) in [5.74, 6) is -0.0546. The number of alkyl halides is 3. The van der Waals surface area contributed by atoms with E-state index >= 15 is 0 Å². The summed E-state index contributed by atoms with van der Waals surface area (Å²) in [6, 6.07) is 2.51. The highest BCUT2D eigenvalue weighted by Crippen LogP contribution is 2.30. The normalized spacial score (nSPS) is 15.7. The third kappa shape index (κ3) is 4.19. The first-order chi connectivity index (χ1) is 10.4. The van der Waals surface area contributed by atoms with Crippen LogP contribution in [0.15, 0.2) is 18.3 Å². The van der Waals surface area contributed by atoms with Gasteiger partial charge in [0.25, 0.3) is 0 Å². The Labute approximate surface area is 127 Å². The van der Waals surface area contributed by atoms with Gasteiger partial charge in [0.05, 0.1) is 6.20 Å². The van der Waals surface area contributed by atoms with Crippen LogP contribution in [0.25, 0.3) is 5.65 Å². The monoisotopic (exact) mass is 314 g/mol. The number of nitrogens with one attached hydrogen (secondary N) is 1. The van der Waals surface area contributed by atoms with Gasteiger partial charge in [0.15, 0.2) is 5.65 Å². The first-order valence-corrected chi connectivity index (χ1v) is 7.52. The van der Waals surface area contributed by atoms with Gasteiger partial charge in [0, 0.05) is 11.8 Å². The highest BCUT2D eigenvalue weighted by Gasteiger charge is 2.35. The van der Waals surface area contributed by atoms with E-state index in [4.69, 9.17) is 0 Å². The predicted octanol–water partition coefficient (Wildman–Crippen LogP) is 3.63. The lowest BCUT2D eigenvalue weighted by Crippen LogP contribution is -2.21. The summed E-state index contributed by atoms with van der Waals surface area (Å²) in [5.41, 5.74) is -0.148. The fourth-order valence-corrected chi connectivity index (χ4v) is 2.23. The van der Waals surface area contributed by atoms with Crippen molar-refractivity contribution in [3.8, 4) is 0 Å². The van der Waals surface area contributed by atoms with Crippen LogP contribution in [0.1, 0.15) is 50.4 Å². The molecule has 122 valence electrons. The Kier molecular flexibility index (Phi) is 5.39. The van der Waals surface area contributed by atoms with Crippen molar-refractivity contribution < 1.29 is 13.2 Å². The van der Waals surface area contributed by atoms with Crippen molar-refractivity contribution in [2.24, 2.45) is 0 Å². The van der Waals surface area contributed by atoms with Gasteiger partial charge in [0.1, 0.15) is 5.69 Å². The van der Waals surface area contributed by atoms with E-state index < -0.39 is 11.9 Å². The zero-order valence-electron chi connectivity index (χ0n) is 12.8. The van der Waals surface area contributed by atoms with Crippen LogP contribution < -0.4 is 5.32 Å². The van der Waals surface area contributed by atoms with Crippen molar-refractivity contribution >= 4 is 5.65 Å². The molecule has 0 unspecified atom stereocenters. The number of fused-ring (bicyclic) bond motifs is 1. The molecule has 1 fully saturated rings. The van der Waals surface area contributed by atoms with Crippen molar-refractivity contribution in [1.29, 1.82) is 0 Å². The standard InChI is InChI=1S/C10H10F3N3.C5H11N/c1-6(2)7-5-8(10(11,12)13)16-9(15-7)3-4-14-16;1-2-4-6-5-3-1/h3-6H,1-2H3;6H,1-5H2. The Morgan fingerprint density at radius 3 is 2.32 bits per heavy atom. The maximum absolute atomic E-state index is 12.8. The number of piperidine rings is 1. The summed E-state index contributed by atoms with van der Waals surface area (Å²) >= 11 is 0. The second-order valence-electron chi connectivity index (χ2n) is 5.63. The molecule has 7 heteroatoms. The predicted molar refractivity (Wildman–Crippen MR) is 78.8 cm³/mol. The molecule has 4 nitrogen and oxygen atoms in total. The number of hydrogen-bond acceptors (Lipinski definition) is 3. The molecule has 1 aliphatic heterocycles. The maximum atomic E-state index is 12.8. The number of aromatic nitrogens is 3. The van der Waals surface area contributed by atoms with E-state index in [0.717, 1.165) is 10.6 Å². The number of nitrogens with zero attached hydrogens (tertiary/aromatic N) is 3. The second kappa shape index (κ2) is 7.09. The summed E-state index contributed by atoms with van der Waals surface area (Å²) in [6.07, 6.45) is 1.10. The average Bonchev–Trinajstić information content (AvgIpc) is 2.95. The zero-order valence-corrected chi connectivity index (χ0v) is 12.8. The van der Waals surface area contributed by atoms with E-state index in [-0.39, 0.29) is 11.6 Å². The van der Waals surface area contributed by atoms with Crippen molar-refractivity contribution in [3.63, 3.8) is 0 Å². The van der Waals surface area contributed by atoms with E-state index in [0.29, 0.717) is 5.69 Å². The number of hydrogen-bond donors (Lipinski definition) is 1. The Morgan fingerprint density at radius 1 is 1.18 bits per heavy atom. The topological polar surface area (TPSA) is 42.2 Å². The highest BCUT2D eigenvalue weighted by atomic mass is 19.4. The smallest absolute Gasteiger partial charge is 0.317 e. The summed E-state index contributed by atoms with van der Waals surface area (Å²) in [5, 5.41) is 6.90. The molecule has 0 radical (unpaired) electrons. The fraction of sp³-hybridized carbons (Fsp3) is 0.600. The van der Waals surface area contributed by atoms with Crippen LogP contribution >= 0.6 is 0 Å². The van der Waals surface area contributed by atoms with Gasteiger partial charge in [-0.1, -0.05) is 20.3 Å². The van der Waals surface area contributed by atoms with Gasteiger partial charge in [-0.25, -0.2) is 9.50 Å². The van der Waals surface area contributed by atoms with Crippen LogP contribution in [0.4, 0.5) is 13.2 Å². The second-order valence-corrected chi connectivity index (χ2v) is 5.63. The van der Waals surface area contributed by atoms with Crippen molar-refractivity contribution in [1.82, 2.24) is 19.9 Å². The number of rotatable bonds is 1. The van der Waals surface area contributed by atoms with E-state index in [1.807, 2.05) is 0 Å². The van der Waals surface area contributed by atoms with Crippen LogP contribution in [0.2, 0.25) is 0 Å². The lowest BCUT2D eigenvalue weighted by molar-refractivity contribution is -0.142. The first kappa shape index (κ1) is 16.7. The van der Waals surface area contributed by atoms with Crippen molar-refractivity contribution in [2.45, 2.75) is 45.2 Å². The van der Waals surface area contributed by atoms with Gasteiger partial charge >= 0.3 is 6.18 Å². The third-order valence-electron chi connectivity index (χ3n) is 3.47. The Balaban J connectivity index is 0.000000246. The highest BCUT2D eigenvalue weighted by molar-refractivity contribution is 5.40. The van der Waals surface area contributed by atoms with Crippen LogP contribution in [0, 0.1) is 0 Å². The molecule has 22 heavy (non-hydrogen) atoms. The minimum atomic E-state index is -4.42. The minimum absolute atomic E-state index is 0.0546. The molecule has 2 aromatic heterocycles. The van der Waals surface area contributed by atoms with Gasteiger partial charge in [-0.15, -0.1) is 0 Å². The van der Waals surface area contributed by atoms with Gasteiger partial charge in [0.2, 0.25) is 0 Å². The molecular weight excluding hydrogens is 293 g/mol. The van der Waals surface area contributed by atoms with Crippen LogP contribution in [-0.4, -0.2) is 27.7 Å². The molecule has 0 aromatic carbocycles. The molecule has 3 rings (SSSR count). The molecular formula is C15H21F3N4. The summed E-state index contributed by atoms with van der Waals surface area (Å²) in [4.78, 5) is 4.11. The van der Waals surface area contributed by atoms with Crippen LogP contribution in [-0.2, 0) is 6.18 Å². The molecule has 0 atom stereocenters. The first-order valence-electron chi connectivity index (χ1n) is 7.52. The average molecular weight is 314 g/mol. The Bertz CT molecular complexity index is 589. The van der Waals surface area contributed by atoms with Crippen molar-refractivity contribution in [2.75, 3.05) is 13.1 Å². The Morgan fingerprint density at radius 2 is 1.86 bits per heavy atom. The minimum Gasteiger partial charge on any atom is -0.317 e. The van der Waals surface area contributed by atoms with Gasteiger partial charge < -0.3 is 5.32 Å². The summed E-state index contributed by atoms with van der Waals surface area (Å²) in [7, 11) is 0. The summed E-state index contributed by atoms with van der Waals surface area (Å²) in [6.45, 7) is 6.10. The van der Waals surface area contributed by atoms with Crippen LogP contribution in [0.5, 0.6) is 0 Å².